The zero-order chi connectivity index (χ0) is 88.5. The lowest BCUT2D eigenvalue weighted by atomic mass is 9.96. The third-order valence-electron chi connectivity index (χ3n) is 18.4. The van der Waals surface area contributed by atoms with Gasteiger partial charge in [0.15, 0.2) is 5.78 Å². The van der Waals surface area contributed by atoms with Crippen molar-refractivity contribution < 1.29 is 126 Å². The number of fused-ring (bicyclic) bond motifs is 1. The van der Waals surface area contributed by atoms with Crippen molar-refractivity contribution in [2.75, 3.05) is 32.0 Å². The molecule has 4 aromatic rings. The van der Waals surface area contributed by atoms with Gasteiger partial charge in [0.05, 0.1) is 51.8 Å². The number of rotatable bonds is 32. The largest absolute Gasteiger partial charge is 0.481 e. The van der Waals surface area contributed by atoms with Crippen molar-refractivity contribution in [1.29, 1.82) is 0 Å². The summed E-state index contributed by atoms with van der Waals surface area (Å²) in [7, 11) is 0. The van der Waals surface area contributed by atoms with E-state index in [1.807, 2.05) is 40.2 Å². The molecule has 25 N–H and O–H groups in total. The number of ketones is 1. The Kier molecular flexibility index (Phi) is 37.6. The van der Waals surface area contributed by atoms with E-state index in [1.165, 1.54) is 30.3 Å². The van der Waals surface area contributed by atoms with Crippen LogP contribution in [0.1, 0.15) is 126 Å². The molecule has 14 amide bonds. The van der Waals surface area contributed by atoms with Gasteiger partial charge in [0, 0.05) is 47.3 Å². The minimum atomic E-state index is -2.47. The molecular formula is C76H99N17O26. The minimum Gasteiger partial charge on any atom is -0.481 e. The van der Waals surface area contributed by atoms with Gasteiger partial charge in [-0.05, 0) is 99.4 Å². The second-order valence-electron chi connectivity index (χ2n) is 27.9. The summed E-state index contributed by atoms with van der Waals surface area (Å²) in [5.41, 5.74) is 20.2. The van der Waals surface area contributed by atoms with E-state index in [1.54, 1.807) is 37.4 Å². The van der Waals surface area contributed by atoms with Gasteiger partial charge in [-0.25, -0.2) is 4.79 Å². The number of Topliss-reactive ketones (excluding diaryl/α,β-unsaturated/α-hetero) is 1. The number of hydrogen-bond donors (Lipinski definition) is 22. The molecule has 43 heteroatoms. The Hall–Kier alpha value is -13.7. The molecule has 0 aliphatic carbocycles. The molecule has 644 valence electrons. The molecule has 0 spiro atoms. The highest BCUT2D eigenvalue weighted by Gasteiger charge is 2.41. The van der Waals surface area contributed by atoms with Gasteiger partial charge >= 0.3 is 29.8 Å². The Bertz CT molecular complexity index is 4470. The molecule has 1 fully saturated rings. The van der Waals surface area contributed by atoms with Crippen LogP contribution in [0.3, 0.4) is 0 Å². The number of anilines is 1. The number of H-pyrrole nitrogens is 1. The lowest BCUT2D eigenvalue weighted by Crippen LogP contribution is -2.62. The van der Waals surface area contributed by atoms with E-state index < -0.39 is 261 Å². The highest BCUT2D eigenvalue weighted by Crippen LogP contribution is 2.22. The molecule has 0 radical (unpaired) electrons. The van der Waals surface area contributed by atoms with E-state index in [2.05, 4.69) is 65.1 Å². The average Bonchev–Trinajstić information content (AvgIpc) is 1.77. The number of cyclic esters (lactones) is 1. The number of carbonyl (C=O) groups is 20. The summed E-state index contributed by atoms with van der Waals surface area (Å²) in [6, 6.07) is -3.42. The summed E-state index contributed by atoms with van der Waals surface area (Å²) in [6.45, 7) is 2.71. The van der Waals surface area contributed by atoms with Crippen molar-refractivity contribution in [3.8, 4) is 0 Å². The van der Waals surface area contributed by atoms with Crippen molar-refractivity contribution in [2.24, 2.45) is 17.4 Å². The molecule has 0 saturated carbocycles. The Morgan fingerprint density at radius 1 is 0.580 bits per heavy atom. The summed E-state index contributed by atoms with van der Waals surface area (Å²) in [5.74, 6) is -30.2. The fourth-order valence-corrected chi connectivity index (χ4v) is 12.0. The van der Waals surface area contributed by atoms with Crippen molar-refractivity contribution in [3.63, 3.8) is 0 Å². The number of aliphatic hydroxyl groups excluding tert-OH is 1. The second-order valence-corrected chi connectivity index (χ2v) is 27.9. The monoisotopic (exact) mass is 1670 g/mol. The van der Waals surface area contributed by atoms with Gasteiger partial charge in [-0.1, -0.05) is 74.9 Å². The van der Waals surface area contributed by atoms with E-state index in [0.29, 0.717) is 27.6 Å². The number of amides is 14. The van der Waals surface area contributed by atoms with Crippen LogP contribution in [0.5, 0.6) is 0 Å². The number of carboxylic acids is 4. The quantitative estimate of drug-likeness (QED) is 0.00940. The number of unbranched alkanes of at least 4 members (excludes halogenated alkanes) is 1. The number of hydrogen-bond acceptors (Lipinski definition) is 24. The van der Waals surface area contributed by atoms with Crippen molar-refractivity contribution >= 4 is 140 Å². The number of esters is 1. The number of para-hydroxylation sites is 2. The fraction of sp³-hybridized carbons (Fsp3) is 0.447. The first-order chi connectivity index (χ1) is 56.2. The average molecular weight is 1670 g/mol. The fourth-order valence-electron chi connectivity index (χ4n) is 12.0. The number of aryl methyl sites for hydroxylation is 1. The van der Waals surface area contributed by atoms with Gasteiger partial charge < -0.3 is 122 Å². The molecule has 2 heterocycles. The zero-order valence-corrected chi connectivity index (χ0v) is 65.4. The Morgan fingerprint density at radius 2 is 1.13 bits per heavy atom. The van der Waals surface area contributed by atoms with Gasteiger partial charge in [-0.2, -0.15) is 0 Å². The molecule has 1 saturated heterocycles. The number of aromatic nitrogens is 1. The third kappa shape index (κ3) is 31.1. The Morgan fingerprint density at radius 3 is 1.73 bits per heavy atom. The lowest BCUT2D eigenvalue weighted by Gasteiger charge is -2.30. The number of nitrogens with two attached hydrogens (primary N) is 3. The summed E-state index contributed by atoms with van der Waals surface area (Å²) in [4.78, 5) is 277. The number of aliphatic hydroxyl groups is 1. The highest BCUT2D eigenvalue weighted by molar-refractivity contribution is 6.06. The Balaban J connectivity index is 1.61. The molecule has 1 aromatic heterocycles. The SMILES string of the molecule is CCCCc1ccc(/C(C)=C/C(=O)N[C@@H](Cc2c[nH]c3ccccc23)C(=O)N[C@H](CC(N)=O)C(=O)N[C@@H](CC(=O)O)C(=O)N[C@@H]2C(=O)NCC(=O)N[C@@H](CCCN)C(=O)N[C@@H](CC(=O)O)C(=O)N[C@H](C)C(=O)N[C@@H](CC(=O)O)C(=O)NCC(=O)N[C@H](CO)C(=O)N[C@@H]([C@H](C)CC(=O)O)C(=O)N[C@@H](CC(=O)c3ccccc3N)C(=O)O[C@@H]2C)cc1. The molecule has 119 heavy (non-hydrogen) atoms. The maximum Gasteiger partial charge on any atom is 0.329 e. The predicted octanol–water partition coefficient (Wildman–Crippen LogP) is -5.32. The Labute approximate surface area is 679 Å². The molecule has 0 unspecified atom stereocenters. The van der Waals surface area contributed by atoms with E-state index in [0.717, 1.165) is 45.6 Å². The molecular weight excluding hydrogens is 1570 g/mol. The van der Waals surface area contributed by atoms with Gasteiger partial charge in [-0.3, -0.25) is 91.1 Å². The van der Waals surface area contributed by atoms with Crippen LogP contribution >= 0.6 is 0 Å². The maximum atomic E-state index is 14.9. The van der Waals surface area contributed by atoms with Crippen LogP contribution in [0.4, 0.5) is 5.69 Å². The predicted molar refractivity (Wildman–Crippen MR) is 416 cm³/mol. The lowest BCUT2D eigenvalue weighted by molar-refractivity contribution is -0.156. The molecule has 43 nitrogen and oxygen atoms in total. The molecule has 5 rings (SSSR count). The molecule has 0 bridgehead atoms. The zero-order valence-electron chi connectivity index (χ0n) is 65.4. The summed E-state index contributed by atoms with van der Waals surface area (Å²) >= 11 is 0. The van der Waals surface area contributed by atoms with E-state index in [4.69, 9.17) is 21.9 Å². The number of nitrogen functional groups attached to an aromatic ring is 1. The van der Waals surface area contributed by atoms with Crippen LogP contribution in [0.2, 0.25) is 0 Å². The summed E-state index contributed by atoms with van der Waals surface area (Å²) in [5, 5.41) is 78.7. The topological polar surface area (TPSA) is 702 Å². The molecule has 1 aliphatic heterocycles. The number of carbonyl (C=O) groups excluding carboxylic acids is 16. The van der Waals surface area contributed by atoms with Gasteiger partial charge in [-0.15, -0.1) is 0 Å². The standard InChI is InChI=1S/C76H99N17O26/c1-6-7-13-40-19-21-41(22-20-40)36(2)24-57(97)85-48(26-42-32-80-46-17-11-9-14-43(42)46)70(112)88-49(28-56(79)96)71(113)90-52(31-63(106)107)72(114)93-65-39(5)119-76(118)53(27-55(95)44-15-8-10-16-45(44)78)91-75(117)64(37(3)25-60(100)101)92-73(115)54(35-94)86-59(99)33-81-67(109)50(29-61(102)103)87-66(108)38(4)83-69(111)51(30-62(104)105)89-68(110)47(18-12-23-77)84-58(98)34-82-74(65)116/h8-11,14-17,19-22,24,32,37-39,47-54,64-65,80,94H,6-7,12-13,18,23,25-31,33-35,77-78H2,1-5H3,(H2,79,96)(H,81,109)(H,82,116)(H,83,111)(H,84,98)(H,85,97)(H,86,99)(H,87,108)(H,88,112)(H,89,110)(H,90,113)(H,91,117)(H,92,115)(H,93,114)(H,100,101)(H,102,103)(H,104,105)(H,106,107)/b36-24+/t37-,38-,39-,47+,48+,49-,50+,51+,52+,53+,54-,64+,65+/m1/s1. The van der Waals surface area contributed by atoms with Crippen LogP contribution in [0.15, 0.2) is 85.1 Å². The molecule has 1 aliphatic rings. The minimum absolute atomic E-state index is 0.0998. The number of aromatic amines is 1. The number of aliphatic carboxylic acids is 4. The first kappa shape index (κ1) is 95.8. The van der Waals surface area contributed by atoms with Crippen LogP contribution in [0.25, 0.3) is 16.5 Å². The van der Waals surface area contributed by atoms with Crippen LogP contribution in [-0.4, -0.2) is 248 Å². The number of benzene rings is 3. The first-order valence-corrected chi connectivity index (χ1v) is 37.5. The maximum absolute atomic E-state index is 14.9. The first-order valence-electron chi connectivity index (χ1n) is 37.5. The van der Waals surface area contributed by atoms with Crippen molar-refractivity contribution in [1.82, 2.24) is 74.1 Å². The smallest absolute Gasteiger partial charge is 0.329 e. The van der Waals surface area contributed by atoms with Crippen LogP contribution in [0, 0.1) is 5.92 Å². The number of ether oxygens (including phenoxy) is 1. The van der Waals surface area contributed by atoms with E-state index >= 15 is 0 Å². The molecule has 3 aromatic carbocycles. The van der Waals surface area contributed by atoms with Gasteiger partial charge in [0.2, 0.25) is 82.7 Å². The van der Waals surface area contributed by atoms with E-state index in [9.17, 15) is 121 Å². The number of allylic oxidation sites excluding steroid dienone is 1. The van der Waals surface area contributed by atoms with Gasteiger partial charge in [0.25, 0.3) is 0 Å². The second kappa shape index (κ2) is 46.7. The van der Waals surface area contributed by atoms with Gasteiger partial charge in [0.1, 0.15) is 72.6 Å². The third-order valence-corrected chi connectivity index (χ3v) is 18.4. The van der Waals surface area contributed by atoms with Crippen molar-refractivity contribution in [2.45, 2.75) is 184 Å². The normalized spacial score (nSPS) is 21.0. The number of nitrogens with one attached hydrogen (secondary N) is 14. The number of carboxylic acid groups (broad SMARTS) is 4. The highest BCUT2D eigenvalue weighted by atomic mass is 16.5. The summed E-state index contributed by atoms with van der Waals surface area (Å²) < 4.78 is 5.69. The van der Waals surface area contributed by atoms with Crippen LogP contribution in [-0.2, 0) is 109 Å². The molecule has 13 atom stereocenters. The number of primary amides is 1. The van der Waals surface area contributed by atoms with Crippen molar-refractivity contribution in [3.05, 3.63) is 107 Å². The van der Waals surface area contributed by atoms with Crippen LogP contribution < -0.4 is 86.3 Å². The van der Waals surface area contributed by atoms with E-state index in [-0.39, 0.29) is 30.6 Å². The summed E-state index contributed by atoms with van der Waals surface area (Å²) in [6.07, 6.45) is -4.54.